The first kappa shape index (κ1) is 13.2. The Morgan fingerprint density at radius 1 is 1.30 bits per heavy atom. The molecule has 0 saturated carbocycles. The predicted octanol–water partition coefficient (Wildman–Crippen LogP) is 1.55. The Labute approximate surface area is 121 Å². The van der Waals surface area contributed by atoms with Crippen molar-refractivity contribution in [3.8, 4) is 11.5 Å². The minimum atomic E-state index is -0.0779. The van der Waals surface area contributed by atoms with Crippen LogP contribution in [0.4, 0.5) is 0 Å². The topological polar surface area (TPSA) is 59.6 Å². The molecule has 1 fully saturated rings. The molecule has 0 radical (unpaired) electrons. The van der Waals surface area contributed by atoms with Gasteiger partial charge < -0.3 is 20.1 Å². The Bertz CT molecular complexity index is 559. The lowest BCUT2D eigenvalue weighted by molar-refractivity contribution is -0.116. The molecule has 1 unspecified atom stereocenters. The van der Waals surface area contributed by atoms with Gasteiger partial charge in [0.25, 0.3) is 5.91 Å². The van der Waals surface area contributed by atoms with Gasteiger partial charge in [0, 0.05) is 0 Å². The average molecular weight is 292 g/mol. The van der Waals surface area contributed by atoms with Crippen molar-refractivity contribution in [1.82, 2.24) is 10.6 Å². The molecule has 2 aliphatic heterocycles. The summed E-state index contributed by atoms with van der Waals surface area (Å²) >= 11 is 1.65. The number of thioether (sulfide) groups is 1. The van der Waals surface area contributed by atoms with E-state index in [1.54, 1.807) is 11.8 Å². The van der Waals surface area contributed by atoms with Crippen LogP contribution in [0, 0.1) is 0 Å². The Balaban J connectivity index is 1.80. The van der Waals surface area contributed by atoms with E-state index in [2.05, 4.69) is 17.6 Å². The van der Waals surface area contributed by atoms with Gasteiger partial charge in [-0.3, -0.25) is 4.79 Å². The zero-order chi connectivity index (χ0) is 13.9. The van der Waals surface area contributed by atoms with Gasteiger partial charge in [-0.25, -0.2) is 0 Å². The van der Waals surface area contributed by atoms with Crippen LogP contribution in [0.1, 0.15) is 12.5 Å². The summed E-state index contributed by atoms with van der Waals surface area (Å²) in [7, 11) is 0. The number of carbonyl (C=O) groups is 1. The third kappa shape index (κ3) is 2.70. The molecule has 5 nitrogen and oxygen atoms in total. The molecule has 1 saturated heterocycles. The largest absolute Gasteiger partial charge is 0.486 e. The summed E-state index contributed by atoms with van der Waals surface area (Å²) < 4.78 is 11.0. The summed E-state index contributed by atoms with van der Waals surface area (Å²) in [5, 5.41) is 6.04. The van der Waals surface area contributed by atoms with Gasteiger partial charge in [-0.15, -0.1) is 11.8 Å². The number of rotatable bonds is 3. The van der Waals surface area contributed by atoms with Crippen LogP contribution in [-0.4, -0.2) is 30.4 Å². The standard InChI is InChI=1S/C14H16N2O3S/c1-2-20-14-15-10(13(17)16-14)7-9-3-4-11-12(8-9)19-6-5-18-11/h3-4,7-8,14-15H,2,5-6H2,1H3,(H,16,17)/b10-7-. The molecule has 106 valence electrons. The molecule has 0 bridgehead atoms. The maximum absolute atomic E-state index is 11.8. The van der Waals surface area contributed by atoms with Gasteiger partial charge in [-0.1, -0.05) is 13.0 Å². The summed E-state index contributed by atoms with van der Waals surface area (Å²) in [6, 6.07) is 5.67. The third-order valence-corrected chi connectivity index (χ3v) is 3.91. The molecule has 20 heavy (non-hydrogen) atoms. The molecule has 0 aromatic heterocycles. The number of nitrogens with one attached hydrogen (secondary N) is 2. The van der Waals surface area contributed by atoms with Crippen molar-refractivity contribution in [2.45, 2.75) is 12.4 Å². The molecule has 1 aromatic carbocycles. The van der Waals surface area contributed by atoms with Gasteiger partial charge in [-0.2, -0.15) is 0 Å². The van der Waals surface area contributed by atoms with Crippen LogP contribution in [0.3, 0.4) is 0 Å². The zero-order valence-electron chi connectivity index (χ0n) is 11.1. The first-order chi connectivity index (χ1) is 9.76. The lowest BCUT2D eigenvalue weighted by Gasteiger charge is -2.18. The SMILES string of the molecule is CCSC1NC(=O)/C(=C/c2ccc3c(c2)OCCO3)N1. The van der Waals surface area contributed by atoms with Crippen molar-refractivity contribution in [3.63, 3.8) is 0 Å². The van der Waals surface area contributed by atoms with Gasteiger partial charge in [0.15, 0.2) is 11.5 Å². The Kier molecular flexibility index (Phi) is 3.73. The summed E-state index contributed by atoms with van der Waals surface area (Å²) in [6.45, 7) is 3.19. The third-order valence-electron chi connectivity index (χ3n) is 3.00. The van der Waals surface area contributed by atoms with Gasteiger partial charge in [-0.05, 0) is 29.5 Å². The van der Waals surface area contributed by atoms with Crippen molar-refractivity contribution < 1.29 is 14.3 Å². The van der Waals surface area contributed by atoms with E-state index in [-0.39, 0.29) is 11.4 Å². The molecule has 2 aliphatic rings. The minimum absolute atomic E-state index is 0.0454. The normalized spacial score (nSPS) is 22.6. The quantitative estimate of drug-likeness (QED) is 0.828. The van der Waals surface area contributed by atoms with Crippen molar-refractivity contribution in [1.29, 1.82) is 0 Å². The smallest absolute Gasteiger partial charge is 0.269 e. The van der Waals surface area contributed by atoms with Crippen molar-refractivity contribution in [2.24, 2.45) is 0 Å². The second-order valence-corrected chi connectivity index (χ2v) is 5.80. The van der Waals surface area contributed by atoms with Gasteiger partial charge in [0.2, 0.25) is 0 Å². The van der Waals surface area contributed by atoms with Crippen LogP contribution in [0.15, 0.2) is 23.9 Å². The number of amides is 1. The highest BCUT2D eigenvalue weighted by Gasteiger charge is 2.25. The molecule has 0 aliphatic carbocycles. The first-order valence-electron chi connectivity index (χ1n) is 6.56. The number of benzene rings is 1. The highest BCUT2D eigenvalue weighted by Crippen LogP contribution is 2.31. The molecular weight excluding hydrogens is 276 g/mol. The Morgan fingerprint density at radius 3 is 2.90 bits per heavy atom. The van der Waals surface area contributed by atoms with Crippen molar-refractivity contribution in [2.75, 3.05) is 19.0 Å². The van der Waals surface area contributed by atoms with Crippen LogP contribution >= 0.6 is 11.8 Å². The summed E-state index contributed by atoms with van der Waals surface area (Å²) in [6.07, 6.45) is 1.82. The van der Waals surface area contributed by atoms with Crippen LogP contribution in [0.2, 0.25) is 0 Å². The van der Waals surface area contributed by atoms with Gasteiger partial charge >= 0.3 is 0 Å². The lowest BCUT2D eigenvalue weighted by atomic mass is 10.1. The van der Waals surface area contributed by atoms with Gasteiger partial charge in [0.05, 0.1) is 0 Å². The lowest BCUT2D eigenvalue weighted by Crippen LogP contribution is -2.28. The molecular formula is C14H16N2O3S. The molecule has 6 heteroatoms. The van der Waals surface area contributed by atoms with E-state index in [1.807, 2.05) is 24.3 Å². The maximum atomic E-state index is 11.8. The van der Waals surface area contributed by atoms with Gasteiger partial charge in [0.1, 0.15) is 24.4 Å². The molecule has 0 spiro atoms. The fraction of sp³-hybridized carbons (Fsp3) is 0.357. The number of carbonyl (C=O) groups excluding carboxylic acids is 1. The van der Waals surface area contributed by atoms with Crippen LogP contribution in [-0.2, 0) is 4.79 Å². The number of fused-ring (bicyclic) bond motifs is 1. The Morgan fingerprint density at radius 2 is 2.10 bits per heavy atom. The molecule has 1 amide bonds. The van der Waals surface area contributed by atoms with Crippen molar-refractivity contribution in [3.05, 3.63) is 29.5 Å². The molecule has 3 rings (SSSR count). The summed E-state index contributed by atoms with van der Waals surface area (Å²) in [5.41, 5.74) is 1.44. The number of hydrogen-bond donors (Lipinski definition) is 2. The van der Waals surface area contributed by atoms with Crippen LogP contribution in [0.5, 0.6) is 11.5 Å². The summed E-state index contributed by atoms with van der Waals surface area (Å²) in [4.78, 5) is 11.8. The average Bonchev–Trinajstić information content (AvgIpc) is 2.79. The van der Waals surface area contributed by atoms with E-state index in [1.165, 1.54) is 0 Å². The molecule has 1 aromatic rings. The summed E-state index contributed by atoms with van der Waals surface area (Å²) in [5.74, 6) is 2.34. The van der Waals surface area contributed by atoms with Crippen LogP contribution in [0.25, 0.3) is 6.08 Å². The highest BCUT2D eigenvalue weighted by atomic mass is 32.2. The number of hydrogen-bond acceptors (Lipinski definition) is 5. The molecule has 1 atom stereocenters. The second kappa shape index (κ2) is 5.66. The fourth-order valence-electron chi connectivity index (χ4n) is 2.11. The van der Waals surface area contributed by atoms with E-state index in [4.69, 9.17) is 9.47 Å². The minimum Gasteiger partial charge on any atom is -0.486 e. The zero-order valence-corrected chi connectivity index (χ0v) is 12.0. The molecule has 2 heterocycles. The maximum Gasteiger partial charge on any atom is 0.269 e. The predicted molar refractivity (Wildman–Crippen MR) is 78.6 cm³/mol. The second-order valence-electron chi connectivity index (χ2n) is 4.41. The van der Waals surface area contributed by atoms with E-state index in [0.717, 1.165) is 22.8 Å². The van der Waals surface area contributed by atoms with E-state index in [9.17, 15) is 4.79 Å². The van der Waals surface area contributed by atoms with E-state index in [0.29, 0.717) is 18.9 Å². The monoisotopic (exact) mass is 292 g/mol. The highest BCUT2D eigenvalue weighted by molar-refractivity contribution is 7.99. The number of ether oxygens (including phenoxy) is 2. The molecule has 2 N–H and O–H groups in total. The van der Waals surface area contributed by atoms with E-state index < -0.39 is 0 Å². The first-order valence-corrected chi connectivity index (χ1v) is 7.61. The Hall–Kier alpha value is -1.82. The fourth-order valence-corrected chi connectivity index (χ4v) is 2.85. The van der Waals surface area contributed by atoms with E-state index >= 15 is 0 Å². The van der Waals surface area contributed by atoms with Crippen molar-refractivity contribution >= 4 is 23.7 Å². The van der Waals surface area contributed by atoms with Crippen LogP contribution < -0.4 is 20.1 Å².